The summed E-state index contributed by atoms with van der Waals surface area (Å²) in [5, 5.41) is 1.15. The van der Waals surface area contributed by atoms with Crippen LogP contribution in [-0.2, 0) is 11.3 Å². The van der Waals surface area contributed by atoms with Gasteiger partial charge < -0.3 is 10.5 Å². The van der Waals surface area contributed by atoms with E-state index in [1.165, 1.54) is 6.42 Å². The fourth-order valence-corrected chi connectivity index (χ4v) is 2.89. The zero-order valence-electron chi connectivity index (χ0n) is 11.9. The van der Waals surface area contributed by atoms with Crippen LogP contribution in [0.1, 0.15) is 18.4 Å². The molecular formula is C16H21N3O. The Bertz CT molecular complexity index is 599. The van der Waals surface area contributed by atoms with Gasteiger partial charge in [-0.15, -0.1) is 0 Å². The number of hydrogen-bond acceptors (Lipinski definition) is 4. The Morgan fingerprint density at radius 1 is 1.40 bits per heavy atom. The van der Waals surface area contributed by atoms with E-state index in [1.54, 1.807) is 7.11 Å². The van der Waals surface area contributed by atoms with Crippen LogP contribution in [0.5, 0.6) is 0 Å². The summed E-state index contributed by atoms with van der Waals surface area (Å²) in [5.74, 6) is 0.642. The lowest BCUT2D eigenvalue weighted by atomic mass is 10.1. The zero-order chi connectivity index (χ0) is 13.9. The molecule has 1 aliphatic heterocycles. The Balaban J connectivity index is 1.81. The molecule has 106 valence electrons. The van der Waals surface area contributed by atoms with Gasteiger partial charge >= 0.3 is 0 Å². The van der Waals surface area contributed by atoms with Gasteiger partial charge in [0.1, 0.15) is 5.82 Å². The van der Waals surface area contributed by atoms with Crippen LogP contribution < -0.4 is 5.73 Å². The molecule has 1 atom stereocenters. The Hall–Kier alpha value is -1.65. The van der Waals surface area contributed by atoms with E-state index >= 15 is 0 Å². The van der Waals surface area contributed by atoms with Gasteiger partial charge in [-0.05, 0) is 31.5 Å². The summed E-state index contributed by atoms with van der Waals surface area (Å²) in [4.78, 5) is 6.90. The predicted octanol–water partition coefficient (Wildman–Crippen LogP) is 2.43. The number of ether oxygens (including phenoxy) is 1. The third-order valence-electron chi connectivity index (χ3n) is 4.03. The van der Waals surface area contributed by atoms with Crippen molar-refractivity contribution in [3.05, 3.63) is 35.9 Å². The van der Waals surface area contributed by atoms with E-state index in [0.29, 0.717) is 11.9 Å². The number of rotatable bonds is 3. The number of fused-ring (bicyclic) bond motifs is 1. The van der Waals surface area contributed by atoms with Gasteiger partial charge in [0, 0.05) is 31.1 Å². The zero-order valence-corrected chi connectivity index (χ0v) is 11.9. The van der Waals surface area contributed by atoms with Crippen molar-refractivity contribution >= 4 is 16.7 Å². The van der Waals surface area contributed by atoms with Crippen molar-refractivity contribution in [2.75, 3.05) is 25.9 Å². The number of pyridine rings is 1. The van der Waals surface area contributed by atoms with E-state index in [4.69, 9.17) is 10.5 Å². The molecule has 2 aromatic rings. The molecule has 2 heterocycles. The standard InChI is InChI=1S/C16H21N3O/c1-20-14-6-4-8-19(11-14)10-13-9-12-5-2-3-7-15(12)18-16(13)17/h2-3,5,7,9,14H,4,6,8,10-11H2,1H3,(H2,17,18). The number of piperidine rings is 1. The van der Waals surface area contributed by atoms with Gasteiger partial charge in [0.15, 0.2) is 0 Å². The molecule has 0 amide bonds. The lowest BCUT2D eigenvalue weighted by molar-refractivity contribution is 0.0286. The van der Waals surface area contributed by atoms with E-state index in [1.807, 2.05) is 18.2 Å². The molecule has 4 heteroatoms. The van der Waals surface area contributed by atoms with E-state index < -0.39 is 0 Å². The summed E-state index contributed by atoms with van der Waals surface area (Å²) in [5.41, 5.74) is 8.17. The second-order valence-corrected chi connectivity index (χ2v) is 5.46. The first-order valence-electron chi connectivity index (χ1n) is 7.15. The molecule has 4 nitrogen and oxygen atoms in total. The fraction of sp³-hybridized carbons (Fsp3) is 0.438. The number of benzene rings is 1. The van der Waals surface area contributed by atoms with Crippen LogP contribution in [0.2, 0.25) is 0 Å². The molecule has 1 unspecified atom stereocenters. The van der Waals surface area contributed by atoms with E-state index in [0.717, 1.165) is 42.5 Å². The van der Waals surface area contributed by atoms with Gasteiger partial charge in [-0.25, -0.2) is 4.98 Å². The Morgan fingerprint density at radius 2 is 2.25 bits per heavy atom. The molecule has 1 saturated heterocycles. The minimum atomic E-state index is 0.346. The number of aromatic nitrogens is 1. The molecule has 0 spiro atoms. The lowest BCUT2D eigenvalue weighted by Crippen LogP contribution is -2.38. The highest BCUT2D eigenvalue weighted by Gasteiger charge is 2.20. The maximum absolute atomic E-state index is 6.10. The van der Waals surface area contributed by atoms with Crippen molar-refractivity contribution < 1.29 is 4.74 Å². The SMILES string of the molecule is COC1CCCN(Cc2cc3ccccc3nc2N)C1. The van der Waals surface area contributed by atoms with Crippen LogP contribution in [0.3, 0.4) is 0 Å². The highest BCUT2D eigenvalue weighted by atomic mass is 16.5. The second kappa shape index (κ2) is 5.77. The number of hydrogen-bond donors (Lipinski definition) is 1. The Kier molecular flexibility index (Phi) is 3.85. The van der Waals surface area contributed by atoms with Crippen LogP contribution in [0, 0.1) is 0 Å². The average molecular weight is 271 g/mol. The first-order chi connectivity index (χ1) is 9.76. The lowest BCUT2D eigenvalue weighted by Gasteiger charge is -2.32. The number of nitrogen functional groups attached to an aromatic ring is 1. The van der Waals surface area contributed by atoms with Crippen LogP contribution in [-0.4, -0.2) is 36.2 Å². The highest BCUT2D eigenvalue weighted by molar-refractivity contribution is 5.81. The van der Waals surface area contributed by atoms with Crippen molar-refractivity contribution in [2.45, 2.75) is 25.5 Å². The first kappa shape index (κ1) is 13.3. The van der Waals surface area contributed by atoms with Crippen molar-refractivity contribution in [1.82, 2.24) is 9.88 Å². The maximum Gasteiger partial charge on any atom is 0.128 e. The molecular weight excluding hydrogens is 250 g/mol. The monoisotopic (exact) mass is 271 g/mol. The van der Waals surface area contributed by atoms with Gasteiger partial charge in [-0.2, -0.15) is 0 Å². The molecule has 1 aromatic carbocycles. The molecule has 1 fully saturated rings. The van der Waals surface area contributed by atoms with E-state index in [2.05, 4.69) is 22.0 Å². The van der Waals surface area contributed by atoms with Crippen LogP contribution >= 0.6 is 0 Å². The molecule has 0 bridgehead atoms. The summed E-state index contributed by atoms with van der Waals surface area (Å²) < 4.78 is 5.47. The molecule has 0 radical (unpaired) electrons. The van der Waals surface area contributed by atoms with Crippen LogP contribution in [0.25, 0.3) is 10.9 Å². The fourth-order valence-electron chi connectivity index (χ4n) is 2.89. The number of nitrogens with two attached hydrogens (primary N) is 1. The average Bonchev–Trinajstić information content (AvgIpc) is 2.48. The molecule has 1 aliphatic rings. The van der Waals surface area contributed by atoms with Crippen molar-refractivity contribution in [3.63, 3.8) is 0 Å². The van der Waals surface area contributed by atoms with E-state index in [9.17, 15) is 0 Å². The Morgan fingerprint density at radius 3 is 3.10 bits per heavy atom. The number of likely N-dealkylation sites (tertiary alicyclic amines) is 1. The smallest absolute Gasteiger partial charge is 0.128 e. The number of anilines is 1. The van der Waals surface area contributed by atoms with Gasteiger partial charge in [0.25, 0.3) is 0 Å². The second-order valence-electron chi connectivity index (χ2n) is 5.46. The van der Waals surface area contributed by atoms with Gasteiger partial charge in [-0.1, -0.05) is 18.2 Å². The molecule has 3 rings (SSSR count). The maximum atomic E-state index is 6.10. The third kappa shape index (κ3) is 2.76. The highest BCUT2D eigenvalue weighted by Crippen LogP contribution is 2.22. The van der Waals surface area contributed by atoms with E-state index in [-0.39, 0.29) is 0 Å². The van der Waals surface area contributed by atoms with Crippen molar-refractivity contribution in [3.8, 4) is 0 Å². The van der Waals surface area contributed by atoms with Crippen molar-refractivity contribution in [2.24, 2.45) is 0 Å². The minimum Gasteiger partial charge on any atom is -0.383 e. The summed E-state index contributed by atoms with van der Waals surface area (Å²) in [6.45, 7) is 2.93. The minimum absolute atomic E-state index is 0.346. The largest absolute Gasteiger partial charge is 0.383 e. The molecule has 2 N–H and O–H groups in total. The quantitative estimate of drug-likeness (QED) is 0.931. The summed E-state index contributed by atoms with van der Waals surface area (Å²) in [6, 6.07) is 10.3. The molecule has 0 saturated carbocycles. The number of nitrogens with zero attached hydrogens (tertiary/aromatic N) is 2. The van der Waals surface area contributed by atoms with Crippen LogP contribution in [0.4, 0.5) is 5.82 Å². The van der Waals surface area contributed by atoms with Gasteiger partial charge in [0.05, 0.1) is 11.6 Å². The summed E-state index contributed by atoms with van der Waals surface area (Å²) in [6.07, 6.45) is 2.68. The molecule has 20 heavy (non-hydrogen) atoms. The normalized spacial score (nSPS) is 20.4. The topological polar surface area (TPSA) is 51.4 Å². The third-order valence-corrected chi connectivity index (χ3v) is 4.03. The van der Waals surface area contributed by atoms with Gasteiger partial charge in [0.2, 0.25) is 0 Å². The Labute approximate surface area is 119 Å². The first-order valence-corrected chi connectivity index (χ1v) is 7.15. The predicted molar refractivity (Wildman–Crippen MR) is 81.5 cm³/mol. The molecule has 1 aromatic heterocycles. The molecule has 0 aliphatic carbocycles. The van der Waals surface area contributed by atoms with Gasteiger partial charge in [-0.3, -0.25) is 4.90 Å². The number of methoxy groups -OCH3 is 1. The van der Waals surface area contributed by atoms with Crippen LogP contribution in [0.15, 0.2) is 30.3 Å². The summed E-state index contributed by atoms with van der Waals surface area (Å²) >= 11 is 0. The number of para-hydroxylation sites is 1. The summed E-state index contributed by atoms with van der Waals surface area (Å²) in [7, 11) is 1.79. The van der Waals surface area contributed by atoms with Crippen molar-refractivity contribution in [1.29, 1.82) is 0 Å².